The van der Waals surface area contributed by atoms with E-state index in [1.807, 2.05) is 4.90 Å². The van der Waals surface area contributed by atoms with Crippen LogP contribution < -0.4 is 10.6 Å². The van der Waals surface area contributed by atoms with Crippen LogP contribution in [0, 0.1) is 52.8 Å². The molecule has 8 fully saturated rings. The Morgan fingerprint density at radius 1 is 0.930 bits per heavy atom. The lowest BCUT2D eigenvalue weighted by atomic mass is 9.45. The standard InChI is InChI=1S/C45H77N5O7/c1-26-35-22-31(45(35,3)4)23-36(26)47-43(54)40-39(27(2)52)38(25-51)57-50(40)24-28-13-11-16-34(41(28)56-7)29-19-30(21-33(20-29)48(5)6)44(55)49-18-12-17-37(49)42(53)46-32-14-9-8-10-15-32/h26-41,51-52H,8-25H2,1-7H3,(H,46,53)(H,47,54)/t26-,27-,28?,29?,30?,31+,33?,34?,35-,36-,37?,38-,39+,40-,41?/m0/s1. The van der Waals surface area contributed by atoms with Crippen LogP contribution in [0.1, 0.15) is 124 Å². The van der Waals surface area contributed by atoms with Gasteiger partial charge in [-0.15, -0.1) is 0 Å². The average Bonchev–Trinajstić information content (AvgIpc) is 3.84. The molecule has 0 aromatic heterocycles. The van der Waals surface area contributed by atoms with Crippen LogP contribution in [0.3, 0.4) is 0 Å². The fourth-order valence-electron chi connectivity index (χ4n) is 13.5. The highest BCUT2D eigenvalue weighted by molar-refractivity contribution is 5.89. The van der Waals surface area contributed by atoms with Gasteiger partial charge in [-0.25, -0.2) is 0 Å². The lowest BCUT2D eigenvalue weighted by Gasteiger charge is -2.62. The van der Waals surface area contributed by atoms with Gasteiger partial charge in [0.1, 0.15) is 18.2 Å². The molecule has 324 valence electrons. The number of carbonyl (C=O) groups is 3. The number of nitrogens with zero attached hydrogens (tertiary/aromatic N) is 3. The van der Waals surface area contributed by atoms with Gasteiger partial charge >= 0.3 is 0 Å². The molecular weight excluding hydrogens is 723 g/mol. The van der Waals surface area contributed by atoms with Crippen LogP contribution in [0.2, 0.25) is 0 Å². The first-order valence-electron chi connectivity index (χ1n) is 23.1. The first kappa shape index (κ1) is 43.3. The Labute approximate surface area is 342 Å². The number of fused-ring (bicyclic) bond motifs is 2. The van der Waals surface area contributed by atoms with E-state index in [2.05, 4.69) is 50.4 Å². The van der Waals surface area contributed by atoms with Crippen molar-refractivity contribution in [2.75, 3.05) is 40.9 Å². The third-order valence-corrected chi connectivity index (χ3v) is 16.9. The van der Waals surface area contributed by atoms with E-state index in [0.29, 0.717) is 36.3 Å². The molecule has 6 saturated carbocycles. The van der Waals surface area contributed by atoms with Crippen molar-refractivity contribution < 1.29 is 34.2 Å². The summed E-state index contributed by atoms with van der Waals surface area (Å²) in [5.41, 5.74) is 0.305. The fraction of sp³-hybridized carbons (Fsp3) is 0.933. The van der Waals surface area contributed by atoms with Gasteiger partial charge in [0.2, 0.25) is 17.7 Å². The predicted molar refractivity (Wildman–Crippen MR) is 218 cm³/mol. The second kappa shape index (κ2) is 18.0. The molecule has 2 heterocycles. The van der Waals surface area contributed by atoms with E-state index in [0.717, 1.165) is 83.5 Å². The summed E-state index contributed by atoms with van der Waals surface area (Å²) in [6.07, 6.45) is 13.3. The maximum atomic E-state index is 14.5. The van der Waals surface area contributed by atoms with Crippen LogP contribution in [-0.4, -0.2) is 132 Å². The third-order valence-electron chi connectivity index (χ3n) is 16.9. The summed E-state index contributed by atoms with van der Waals surface area (Å²) in [6.45, 7) is 9.52. The summed E-state index contributed by atoms with van der Waals surface area (Å²) in [5, 5.41) is 30.0. The summed E-state index contributed by atoms with van der Waals surface area (Å²) in [4.78, 5) is 53.1. The van der Waals surface area contributed by atoms with E-state index >= 15 is 0 Å². The summed E-state index contributed by atoms with van der Waals surface area (Å²) < 4.78 is 6.44. The van der Waals surface area contributed by atoms with Gasteiger partial charge in [-0.05, 0) is 127 Å². The Balaban J connectivity index is 1.05. The fourth-order valence-corrected chi connectivity index (χ4v) is 13.5. The lowest BCUT2D eigenvalue weighted by molar-refractivity contribution is -0.193. The molecule has 8 aliphatic rings. The minimum atomic E-state index is -0.843. The van der Waals surface area contributed by atoms with Crippen LogP contribution in [-0.2, 0) is 24.0 Å². The number of carbonyl (C=O) groups excluding carboxylic acids is 3. The number of likely N-dealkylation sites (tertiary alicyclic amines) is 1. The molecule has 3 amide bonds. The molecule has 2 aliphatic heterocycles. The summed E-state index contributed by atoms with van der Waals surface area (Å²) in [6, 6.07) is -0.539. The second-order valence-corrected chi connectivity index (χ2v) is 20.6. The van der Waals surface area contributed by atoms with Crippen LogP contribution in [0.4, 0.5) is 0 Å². The van der Waals surface area contributed by atoms with Crippen molar-refractivity contribution in [3.05, 3.63) is 0 Å². The Morgan fingerprint density at radius 2 is 1.68 bits per heavy atom. The molecule has 0 spiro atoms. The Morgan fingerprint density at radius 3 is 2.33 bits per heavy atom. The molecule has 7 unspecified atom stereocenters. The molecule has 12 nitrogen and oxygen atoms in total. The zero-order valence-corrected chi connectivity index (χ0v) is 36.2. The number of nitrogens with one attached hydrogen (secondary N) is 2. The molecule has 0 aromatic rings. The average molecular weight is 800 g/mol. The van der Waals surface area contributed by atoms with Gasteiger partial charge in [-0.2, -0.15) is 5.06 Å². The van der Waals surface area contributed by atoms with E-state index in [1.165, 1.54) is 12.8 Å². The van der Waals surface area contributed by atoms with Crippen LogP contribution in [0.15, 0.2) is 0 Å². The SMILES string of the molecule is COC1C(CN2O[C@@H](CO)[C@@H]([C@H](C)O)[C@H]2C(=O)N[C@H]2C[C@H]3C[C@@H]([C@@H]2C)C3(C)C)CCCC1C1CC(C(=O)N2CCCC2C(=O)NC2CCCCC2)CC(N(C)C)C1. The maximum Gasteiger partial charge on any atom is 0.243 e. The number of ether oxygens (including phenoxy) is 1. The smallest absolute Gasteiger partial charge is 0.243 e. The summed E-state index contributed by atoms with van der Waals surface area (Å²) in [7, 11) is 6.03. The van der Waals surface area contributed by atoms with Crippen LogP contribution in [0.25, 0.3) is 0 Å². The molecule has 8 rings (SSSR count). The van der Waals surface area contributed by atoms with Gasteiger partial charge in [-0.3, -0.25) is 19.2 Å². The molecule has 6 aliphatic carbocycles. The van der Waals surface area contributed by atoms with Crippen molar-refractivity contribution in [2.45, 2.75) is 173 Å². The summed E-state index contributed by atoms with van der Waals surface area (Å²) >= 11 is 0. The Kier molecular flexibility index (Phi) is 13.7. The number of hydrogen-bond donors (Lipinski definition) is 4. The Hall–Kier alpha value is -1.83. The van der Waals surface area contributed by atoms with Crippen molar-refractivity contribution in [1.29, 1.82) is 0 Å². The number of hydrogen-bond acceptors (Lipinski definition) is 9. The molecule has 2 saturated heterocycles. The second-order valence-electron chi connectivity index (χ2n) is 20.6. The van der Waals surface area contributed by atoms with Crippen molar-refractivity contribution in [2.24, 2.45) is 52.8 Å². The van der Waals surface area contributed by atoms with Crippen molar-refractivity contribution in [1.82, 2.24) is 25.5 Å². The lowest BCUT2D eigenvalue weighted by Crippen LogP contribution is -2.62. The molecular formula is C45H77N5O7. The maximum absolute atomic E-state index is 14.5. The van der Waals surface area contributed by atoms with E-state index in [-0.39, 0.29) is 78.3 Å². The van der Waals surface area contributed by atoms with Gasteiger partial charge in [0, 0.05) is 56.1 Å². The Bertz CT molecular complexity index is 1410. The highest BCUT2D eigenvalue weighted by Gasteiger charge is 2.58. The van der Waals surface area contributed by atoms with Gasteiger partial charge in [0.15, 0.2) is 0 Å². The first-order valence-corrected chi connectivity index (χ1v) is 23.1. The summed E-state index contributed by atoms with van der Waals surface area (Å²) in [5.74, 6) is 1.45. The molecule has 12 heteroatoms. The number of rotatable bonds is 12. The van der Waals surface area contributed by atoms with E-state index in [4.69, 9.17) is 9.57 Å². The van der Waals surface area contributed by atoms with E-state index in [9.17, 15) is 24.6 Å². The molecule has 0 aromatic carbocycles. The van der Waals surface area contributed by atoms with Gasteiger partial charge < -0.3 is 35.4 Å². The topological polar surface area (TPSA) is 144 Å². The quantitative estimate of drug-likeness (QED) is 0.227. The number of hydroxylamine groups is 2. The van der Waals surface area contributed by atoms with Crippen molar-refractivity contribution >= 4 is 17.7 Å². The van der Waals surface area contributed by atoms with Gasteiger partial charge in [-0.1, -0.05) is 46.5 Å². The predicted octanol–water partition coefficient (Wildman–Crippen LogP) is 4.36. The molecule has 0 radical (unpaired) electrons. The molecule has 57 heavy (non-hydrogen) atoms. The zero-order chi connectivity index (χ0) is 40.8. The minimum Gasteiger partial charge on any atom is -0.394 e. The first-order chi connectivity index (χ1) is 27.2. The highest BCUT2D eigenvalue weighted by atomic mass is 16.7. The normalized spacial score (nSPS) is 41.8. The van der Waals surface area contributed by atoms with Crippen LogP contribution in [0.5, 0.6) is 0 Å². The largest absolute Gasteiger partial charge is 0.394 e. The van der Waals surface area contributed by atoms with Crippen LogP contribution >= 0.6 is 0 Å². The zero-order valence-electron chi connectivity index (χ0n) is 36.2. The van der Waals surface area contributed by atoms with Crippen molar-refractivity contribution in [3.63, 3.8) is 0 Å². The highest BCUT2D eigenvalue weighted by Crippen LogP contribution is 2.61. The van der Waals surface area contributed by atoms with E-state index in [1.54, 1.807) is 19.1 Å². The number of methoxy groups -OCH3 is 1. The molecule has 2 bridgehead atoms. The number of aliphatic hydroxyl groups excluding tert-OH is 2. The third kappa shape index (κ3) is 8.70. The van der Waals surface area contributed by atoms with Gasteiger partial charge in [0.05, 0.1) is 18.8 Å². The monoisotopic (exact) mass is 800 g/mol. The number of amides is 3. The minimum absolute atomic E-state index is 0.0324. The van der Waals surface area contributed by atoms with Gasteiger partial charge in [0.25, 0.3) is 0 Å². The number of aliphatic hydroxyl groups is 2. The van der Waals surface area contributed by atoms with Crippen molar-refractivity contribution in [3.8, 4) is 0 Å². The van der Waals surface area contributed by atoms with E-state index < -0.39 is 24.2 Å². The molecule has 15 atom stereocenters. The molecule has 4 N–H and O–H groups in total.